The van der Waals surface area contributed by atoms with Crippen LogP contribution in [0, 0.1) is 0 Å². The van der Waals surface area contributed by atoms with E-state index in [1.54, 1.807) is 43.3 Å². The molecule has 0 aliphatic carbocycles. The lowest BCUT2D eigenvalue weighted by Gasteiger charge is -2.25. The maximum Gasteiger partial charge on any atom is 0.326 e. The van der Waals surface area contributed by atoms with Gasteiger partial charge in [-0.05, 0) is 31.2 Å². The molecule has 0 amide bonds. The third kappa shape index (κ3) is 3.75. The van der Waals surface area contributed by atoms with Gasteiger partial charge in [-0.15, -0.1) is 0 Å². The number of sulfonamides is 1. The summed E-state index contributed by atoms with van der Waals surface area (Å²) in [6.07, 6.45) is 0. The fraction of sp³-hybridized carbons (Fsp3) is 0.278. The SMILES string of the molecule is CCOC(=O)CN(c1ccc2c(c1)OCCO2)S(=O)(=O)c1ccccc1. The topological polar surface area (TPSA) is 82.1 Å². The Hall–Kier alpha value is -2.74. The van der Waals surface area contributed by atoms with Gasteiger partial charge in [-0.2, -0.15) is 0 Å². The third-order valence-electron chi connectivity index (χ3n) is 3.72. The molecule has 0 saturated heterocycles. The van der Waals surface area contributed by atoms with Crippen LogP contribution in [0.4, 0.5) is 5.69 Å². The van der Waals surface area contributed by atoms with Gasteiger partial charge in [0.2, 0.25) is 0 Å². The smallest absolute Gasteiger partial charge is 0.326 e. The minimum absolute atomic E-state index is 0.0826. The standard InChI is InChI=1S/C18H19NO6S/c1-2-23-18(20)13-19(26(21,22)15-6-4-3-5-7-15)14-8-9-16-17(12-14)25-11-10-24-16/h3-9,12H,2,10-11,13H2,1H3. The summed E-state index contributed by atoms with van der Waals surface area (Å²) in [6.45, 7) is 2.20. The summed E-state index contributed by atoms with van der Waals surface area (Å²) in [4.78, 5) is 12.1. The van der Waals surface area contributed by atoms with E-state index in [1.165, 1.54) is 12.1 Å². The molecule has 0 radical (unpaired) electrons. The van der Waals surface area contributed by atoms with Gasteiger partial charge in [-0.3, -0.25) is 9.10 Å². The molecule has 8 heteroatoms. The molecular formula is C18H19NO6S. The predicted octanol–water partition coefficient (Wildman–Crippen LogP) is 2.22. The summed E-state index contributed by atoms with van der Waals surface area (Å²) in [6, 6.07) is 12.7. The van der Waals surface area contributed by atoms with E-state index < -0.39 is 22.5 Å². The summed E-state index contributed by atoms with van der Waals surface area (Å²) in [5.74, 6) is 0.334. The number of hydrogen-bond acceptors (Lipinski definition) is 6. The fourth-order valence-corrected chi connectivity index (χ4v) is 3.97. The van der Waals surface area contributed by atoms with Crippen LogP contribution in [-0.2, 0) is 19.6 Å². The van der Waals surface area contributed by atoms with Crippen LogP contribution >= 0.6 is 0 Å². The molecule has 0 bridgehead atoms. The second-order valence-electron chi connectivity index (χ2n) is 5.46. The van der Waals surface area contributed by atoms with E-state index in [9.17, 15) is 13.2 Å². The van der Waals surface area contributed by atoms with Crippen molar-refractivity contribution in [2.75, 3.05) is 30.7 Å². The molecule has 2 aromatic carbocycles. The molecule has 1 aliphatic heterocycles. The van der Waals surface area contributed by atoms with E-state index in [1.807, 2.05) is 0 Å². The van der Waals surface area contributed by atoms with Gasteiger partial charge in [0, 0.05) is 6.07 Å². The van der Waals surface area contributed by atoms with Crippen LogP contribution in [0.25, 0.3) is 0 Å². The van der Waals surface area contributed by atoms with Crippen LogP contribution in [0.5, 0.6) is 11.5 Å². The van der Waals surface area contributed by atoms with Crippen LogP contribution in [-0.4, -0.2) is 40.8 Å². The van der Waals surface area contributed by atoms with Crippen molar-refractivity contribution in [2.24, 2.45) is 0 Å². The summed E-state index contributed by atoms with van der Waals surface area (Å²) in [7, 11) is -3.96. The zero-order valence-electron chi connectivity index (χ0n) is 14.3. The number of carbonyl (C=O) groups excluding carboxylic acids is 1. The van der Waals surface area contributed by atoms with Crippen LogP contribution in [0.3, 0.4) is 0 Å². The van der Waals surface area contributed by atoms with E-state index in [2.05, 4.69) is 0 Å². The second kappa shape index (κ2) is 7.65. The molecule has 2 aromatic rings. The first-order valence-electron chi connectivity index (χ1n) is 8.15. The number of anilines is 1. The van der Waals surface area contributed by atoms with Crippen molar-refractivity contribution in [3.63, 3.8) is 0 Å². The van der Waals surface area contributed by atoms with Crippen molar-refractivity contribution < 1.29 is 27.4 Å². The summed E-state index contributed by atoms with van der Waals surface area (Å²) >= 11 is 0. The van der Waals surface area contributed by atoms with Gasteiger partial charge >= 0.3 is 5.97 Å². The normalized spacial score (nSPS) is 13.1. The fourth-order valence-electron chi connectivity index (χ4n) is 2.55. The van der Waals surface area contributed by atoms with E-state index in [4.69, 9.17) is 14.2 Å². The molecule has 0 spiro atoms. The lowest BCUT2D eigenvalue weighted by atomic mass is 10.2. The molecule has 7 nitrogen and oxygen atoms in total. The number of rotatable bonds is 6. The van der Waals surface area contributed by atoms with Gasteiger partial charge in [-0.1, -0.05) is 18.2 Å². The number of esters is 1. The number of carbonyl (C=O) groups is 1. The maximum atomic E-state index is 13.1. The van der Waals surface area contributed by atoms with E-state index in [-0.39, 0.29) is 11.5 Å². The van der Waals surface area contributed by atoms with Crippen LogP contribution in [0.1, 0.15) is 6.92 Å². The minimum Gasteiger partial charge on any atom is -0.486 e. The van der Waals surface area contributed by atoms with Crippen molar-refractivity contribution in [3.8, 4) is 11.5 Å². The zero-order valence-corrected chi connectivity index (χ0v) is 15.1. The average molecular weight is 377 g/mol. The van der Waals surface area contributed by atoms with Gasteiger partial charge in [0.05, 0.1) is 17.2 Å². The molecular weight excluding hydrogens is 358 g/mol. The molecule has 3 rings (SSSR count). The Morgan fingerprint density at radius 2 is 1.77 bits per heavy atom. The second-order valence-corrected chi connectivity index (χ2v) is 7.32. The summed E-state index contributed by atoms with van der Waals surface area (Å²) in [5, 5.41) is 0. The van der Waals surface area contributed by atoms with E-state index >= 15 is 0 Å². The molecule has 0 atom stereocenters. The Bertz CT molecular complexity index is 882. The monoisotopic (exact) mass is 377 g/mol. The quantitative estimate of drug-likeness (QED) is 0.718. The van der Waals surface area contributed by atoms with Gasteiger partial charge in [0.25, 0.3) is 10.0 Å². The zero-order chi connectivity index (χ0) is 18.6. The Labute approximate surface area is 152 Å². The average Bonchev–Trinajstić information content (AvgIpc) is 2.66. The van der Waals surface area contributed by atoms with Crippen molar-refractivity contribution in [2.45, 2.75) is 11.8 Å². The Balaban J connectivity index is 2.02. The highest BCUT2D eigenvalue weighted by atomic mass is 32.2. The minimum atomic E-state index is -3.96. The Morgan fingerprint density at radius 3 is 2.46 bits per heavy atom. The van der Waals surface area contributed by atoms with Crippen molar-refractivity contribution in [3.05, 3.63) is 48.5 Å². The van der Waals surface area contributed by atoms with E-state index in [0.717, 1.165) is 4.31 Å². The molecule has 0 fully saturated rings. The van der Waals surface area contributed by atoms with Crippen LogP contribution < -0.4 is 13.8 Å². The molecule has 0 aromatic heterocycles. The molecule has 138 valence electrons. The van der Waals surface area contributed by atoms with E-state index in [0.29, 0.717) is 30.4 Å². The highest BCUT2D eigenvalue weighted by Gasteiger charge is 2.28. The Kier molecular flexibility index (Phi) is 5.32. The Morgan fingerprint density at radius 1 is 1.08 bits per heavy atom. The first-order valence-corrected chi connectivity index (χ1v) is 9.59. The number of fused-ring (bicyclic) bond motifs is 1. The number of benzene rings is 2. The summed E-state index contributed by atoms with van der Waals surface area (Å²) in [5.41, 5.74) is 0.297. The molecule has 26 heavy (non-hydrogen) atoms. The molecule has 1 aliphatic rings. The highest BCUT2D eigenvalue weighted by molar-refractivity contribution is 7.92. The van der Waals surface area contributed by atoms with Crippen LogP contribution in [0.2, 0.25) is 0 Å². The van der Waals surface area contributed by atoms with Crippen molar-refractivity contribution >= 4 is 21.7 Å². The molecule has 0 saturated carbocycles. The number of nitrogens with zero attached hydrogens (tertiary/aromatic N) is 1. The third-order valence-corrected chi connectivity index (χ3v) is 5.51. The van der Waals surface area contributed by atoms with Crippen molar-refractivity contribution in [1.82, 2.24) is 0 Å². The molecule has 0 unspecified atom stereocenters. The van der Waals surface area contributed by atoms with Crippen LogP contribution in [0.15, 0.2) is 53.4 Å². The van der Waals surface area contributed by atoms with Gasteiger partial charge in [-0.25, -0.2) is 8.42 Å². The van der Waals surface area contributed by atoms with Gasteiger partial charge < -0.3 is 14.2 Å². The first kappa shape index (κ1) is 18.1. The predicted molar refractivity (Wildman–Crippen MR) is 95.0 cm³/mol. The molecule has 1 heterocycles. The lowest BCUT2D eigenvalue weighted by Crippen LogP contribution is -2.36. The lowest BCUT2D eigenvalue weighted by molar-refractivity contribution is -0.141. The number of hydrogen-bond donors (Lipinski definition) is 0. The van der Waals surface area contributed by atoms with Gasteiger partial charge in [0.15, 0.2) is 11.5 Å². The van der Waals surface area contributed by atoms with Gasteiger partial charge in [0.1, 0.15) is 19.8 Å². The number of ether oxygens (including phenoxy) is 3. The van der Waals surface area contributed by atoms with Crippen molar-refractivity contribution in [1.29, 1.82) is 0 Å². The molecule has 0 N–H and O–H groups in total. The highest BCUT2D eigenvalue weighted by Crippen LogP contribution is 2.35. The maximum absolute atomic E-state index is 13.1. The summed E-state index contributed by atoms with van der Waals surface area (Å²) < 4.78 is 43.1. The largest absolute Gasteiger partial charge is 0.486 e. The first-order chi connectivity index (χ1) is 12.5.